The average molecular weight is 361 g/mol. The molecule has 1 N–H and O–H groups in total. The van der Waals surface area contributed by atoms with Crippen LogP contribution in [0.15, 0.2) is 53.6 Å². The van der Waals surface area contributed by atoms with E-state index in [1.165, 1.54) is 0 Å². The number of aromatic amines is 1. The molecule has 0 radical (unpaired) electrons. The molecule has 3 aromatic heterocycles. The second kappa shape index (κ2) is 7.80. The quantitative estimate of drug-likeness (QED) is 0.772. The summed E-state index contributed by atoms with van der Waals surface area (Å²) in [4.78, 5) is 31.0. The van der Waals surface area contributed by atoms with Crippen molar-refractivity contribution < 1.29 is 0 Å². The van der Waals surface area contributed by atoms with Gasteiger partial charge < -0.3 is 4.98 Å². The molecule has 1 fully saturated rings. The molecule has 0 aromatic carbocycles. The van der Waals surface area contributed by atoms with Crippen molar-refractivity contribution in [2.45, 2.75) is 38.8 Å². The molecule has 0 amide bonds. The predicted octanol–water partition coefficient (Wildman–Crippen LogP) is 3.26. The van der Waals surface area contributed by atoms with E-state index in [4.69, 9.17) is 4.98 Å². The van der Waals surface area contributed by atoms with Crippen LogP contribution in [0.25, 0.3) is 11.4 Å². The summed E-state index contributed by atoms with van der Waals surface area (Å²) in [7, 11) is 0. The Hall–Kier alpha value is -2.86. The van der Waals surface area contributed by atoms with Gasteiger partial charge in [-0.25, -0.2) is 4.98 Å². The largest absolute Gasteiger partial charge is 0.307 e. The second-order valence-corrected chi connectivity index (χ2v) is 7.01. The Kier molecular flexibility index (Phi) is 5.07. The highest BCUT2D eigenvalue weighted by Gasteiger charge is 2.26. The maximum atomic E-state index is 12.3. The van der Waals surface area contributed by atoms with Gasteiger partial charge in [0.2, 0.25) is 0 Å². The third kappa shape index (κ3) is 4.11. The minimum Gasteiger partial charge on any atom is -0.307 e. The molecule has 6 heteroatoms. The Morgan fingerprint density at radius 3 is 2.81 bits per heavy atom. The van der Waals surface area contributed by atoms with Crippen LogP contribution in [-0.2, 0) is 6.54 Å². The van der Waals surface area contributed by atoms with Crippen LogP contribution in [0.3, 0.4) is 0 Å². The minimum atomic E-state index is -0.119. The predicted molar refractivity (Wildman–Crippen MR) is 104 cm³/mol. The SMILES string of the molecule is Cc1cccc(CN2CCCC[C@H]2c2cc(=O)[nH]c(-c3ccncc3)n2)n1. The van der Waals surface area contributed by atoms with E-state index in [2.05, 4.69) is 25.9 Å². The van der Waals surface area contributed by atoms with Crippen molar-refractivity contribution in [1.29, 1.82) is 0 Å². The summed E-state index contributed by atoms with van der Waals surface area (Å²) < 4.78 is 0. The van der Waals surface area contributed by atoms with Crippen molar-refractivity contribution in [3.8, 4) is 11.4 Å². The molecule has 1 aliphatic heterocycles. The molecule has 1 aliphatic rings. The monoisotopic (exact) mass is 361 g/mol. The van der Waals surface area contributed by atoms with Crippen LogP contribution in [0, 0.1) is 6.92 Å². The number of H-pyrrole nitrogens is 1. The number of piperidine rings is 1. The lowest BCUT2D eigenvalue weighted by molar-refractivity contribution is 0.135. The van der Waals surface area contributed by atoms with Gasteiger partial charge in [0, 0.05) is 36.3 Å². The van der Waals surface area contributed by atoms with Crippen LogP contribution >= 0.6 is 0 Å². The van der Waals surface area contributed by atoms with Crippen LogP contribution in [0.4, 0.5) is 0 Å². The molecule has 0 bridgehead atoms. The Labute approximate surface area is 158 Å². The minimum absolute atomic E-state index is 0.119. The van der Waals surface area contributed by atoms with E-state index in [0.717, 1.165) is 55.0 Å². The third-order valence-corrected chi connectivity index (χ3v) is 4.98. The first kappa shape index (κ1) is 17.5. The molecule has 4 rings (SSSR count). The molecule has 0 spiro atoms. The third-order valence-electron chi connectivity index (χ3n) is 4.98. The Morgan fingerprint density at radius 2 is 2.00 bits per heavy atom. The van der Waals surface area contributed by atoms with Gasteiger partial charge in [0.1, 0.15) is 5.82 Å². The van der Waals surface area contributed by atoms with Crippen molar-refractivity contribution in [2.75, 3.05) is 6.54 Å². The van der Waals surface area contributed by atoms with Gasteiger partial charge in [-0.15, -0.1) is 0 Å². The zero-order valence-electron chi connectivity index (χ0n) is 15.4. The molecule has 1 atom stereocenters. The Morgan fingerprint density at radius 1 is 1.15 bits per heavy atom. The molecule has 3 aromatic rings. The normalized spacial score (nSPS) is 17.7. The van der Waals surface area contributed by atoms with Crippen molar-refractivity contribution in [2.24, 2.45) is 0 Å². The number of nitrogens with one attached hydrogen (secondary N) is 1. The average Bonchev–Trinajstić information content (AvgIpc) is 2.69. The topological polar surface area (TPSA) is 74.8 Å². The first-order valence-corrected chi connectivity index (χ1v) is 9.37. The van der Waals surface area contributed by atoms with Crippen LogP contribution in [0.2, 0.25) is 0 Å². The number of rotatable bonds is 4. The van der Waals surface area contributed by atoms with Crippen LogP contribution in [-0.4, -0.2) is 31.4 Å². The van der Waals surface area contributed by atoms with Crippen molar-refractivity contribution in [1.82, 2.24) is 24.8 Å². The summed E-state index contributed by atoms with van der Waals surface area (Å²) in [6.07, 6.45) is 6.71. The maximum absolute atomic E-state index is 12.3. The second-order valence-electron chi connectivity index (χ2n) is 7.01. The fourth-order valence-corrected chi connectivity index (χ4v) is 3.70. The maximum Gasteiger partial charge on any atom is 0.251 e. The van der Waals surface area contributed by atoms with E-state index in [1.54, 1.807) is 18.5 Å². The lowest BCUT2D eigenvalue weighted by Gasteiger charge is -2.35. The molecule has 4 heterocycles. The van der Waals surface area contributed by atoms with Gasteiger partial charge in [-0.2, -0.15) is 0 Å². The summed E-state index contributed by atoms with van der Waals surface area (Å²) >= 11 is 0. The fraction of sp³-hybridized carbons (Fsp3) is 0.333. The molecule has 1 saturated heterocycles. The highest BCUT2D eigenvalue weighted by atomic mass is 16.1. The summed E-state index contributed by atoms with van der Waals surface area (Å²) in [5.74, 6) is 0.596. The number of pyridine rings is 2. The van der Waals surface area contributed by atoms with Gasteiger partial charge in [0.05, 0.1) is 17.4 Å². The lowest BCUT2D eigenvalue weighted by Crippen LogP contribution is -2.34. The summed E-state index contributed by atoms with van der Waals surface area (Å²) in [6.45, 7) is 3.77. The van der Waals surface area contributed by atoms with Crippen molar-refractivity contribution >= 4 is 0 Å². The Balaban J connectivity index is 1.65. The van der Waals surface area contributed by atoms with Crippen LogP contribution in [0.5, 0.6) is 0 Å². The number of aryl methyl sites for hydroxylation is 1. The Bertz CT molecular complexity index is 970. The zero-order valence-corrected chi connectivity index (χ0v) is 15.4. The summed E-state index contributed by atoms with van der Waals surface area (Å²) in [6, 6.07) is 11.6. The van der Waals surface area contributed by atoms with Gasteiger partial charge in [0.15, 0.2) is 0 Å². The van der Waals surface area contributed by atoms with Gasteiger partial charge in [-0.1, -0.05) is 12.5 Å². The molecule has 0 unspecified atom stereocenters. The van der Waals surface area contributed by atoms with E-state index in [1.807, 2.05) is 31.2 Å². The molecule has 0 saturated carbocycles. The van der Waals surface area contributed by atoms with E-state index in [0.29, 0.717) is 5.82 Å². The first-order valence-electron chi connectivity index (χ1n) is 9.37. The molecule has 138 valence electrons. The summed E-state index contributed by atoms with van der Waals surface area (Å²) in [5, 5.41) is 0. The molecular formula is C21H23N5O. The zero-order chi connectivity index (χ0) is 18.6. The van der Waals surface area contributed by atoms with Gasteiger partial charge in [-0.3, -0.25) is 19.7 Å². The van der Waals surface area contributed by atoms with Crippen molar-refractivity contribution in [3.05, 3.63) is 76.2 Å². The number of likely N-dealkylation sites (tertiary alicyclic amines) is 1. The van der Waals surface area contributed by atoms with Gasteiger partial charge >= 0.3 is 0 Å². The van der Waals surface area contributed by atoms with Crippen LogP contribution < -0.4 is 5.56 Å². The van der Waals surface area contributed by atoms with E-state index < -0.39 is 0 Å². The molecule has 0 aliphatic carbocycles. The molecular weight excluding hydrogens is 338 g/mol. The lowest BCUT2D eigenvalue weighted by atomic mass is 9.98. The molecule has 6 nitrogen and oxygen atoms in total. The van der Waals surface area contributed by atoms with Gasteiger partial charge in [0.25, 0.3) is 5.56 Å². The smallest absolute Gasteiger partial charge is 0.251 e. The number of hydrogen-bond donors (Lipinski definition) is 1. The molecule has 27 heavy (non-hydrogen) atoms. The highest BCUT2D eigenvalue weighted by Crippen LogP contribution is 2.31. The van der Waals surface area contributed by atoms with Crippen LogP contribution in [0.1, 0.15) is 42.4 Å². The van der Waals surface area contributed by atoms with E-state index in [-0.39, 0.29) is 11.6 Å². The first-order chi connectivity index (χ1) is 13.2. The summed E-state index contributed by atoms with van der Waals surface area (Å²) in [5.41, 5.74) is 3.66. The highest BCUT2D eigenvalue weighted by molar-refractivity contribution is 5.53. The van der Waals surface area contributed by atoms with E-state index >= 15 is 0 Å². The number of aromatic nitrogens is 4. The fourth-order valence-electron chi connectivity index (χ4n) is 3.70. The standard InChI is InChI=1S/C21H23N5O/c1-15-5-4-6-17(23-15)14-26-12-3-2-7-19(26)18-13-20(27)25-21(24-18)16-8-10-22-11-9-16/h4-6,8-11,13,19H,2-3,7,12,14H2,1H3,(H,24,25,27)/t19-/m0/s1. The van der Waals surface area contributed by atoms with Crippen molar-refractivity contribution in [3.63, 3.8) is 0 Å². The number of nitrogens with zero attached hydrogens (tertiary/aromatic N) is 4. The number of hydrogen-bond acceptors (Lipinski definition) is 5. The van der Waals surface area contributed by atoms with Gasteiger partial charge in [-0.05, 0) is 50.6 Å². The van der Waals surface area contributed by atoms with E-state index in [9.17, 15) is 4.79 Å².